The number of anilines is 2. The van der Waals surface area contributed by atoms with Crippen molar-refractivity contribution in [2.45, 2.75) is 19.5 Å². The Morgan fingerprint density at radius 2 is 2.13 bits per heavy atom. The van der Waals surface area contributed by atoms with Crippen LogP contribution in [-0.4, -0.2) is 31.1 Å². The van der Waals surface area contributed by atoms with Gasteiger partial charge in [-0.3, -0.25) is 15.2 Å². The van der Waals surface area contributed by atoms with E-state index >= 15 is 0 Å². The van der Waals surface area contributed by atoms with Crippen molar-refractivity contribution >= 4 is 17.3 Å². The second kappa shape index (κ2) is 8.46. The highest BCUT2D eigenvalue weighted by atomic mass is 19.4. The number of pyridine rings is 1. The maximum Gasteiger partial charge on any atom is 0.419 e. The first-order valence-corrected chi connectivity index (χ1v) is 9.00. The fourth-order valence-electron chi connectivity index (χ4n) is 2.90. The monoisotopic (exact) mass is 420 g/mol. The van der Waals surface area contributed by atoms with Crippen LogP contribution in [0.15, 0.2) is 24.3 Å². The number of amides is 1. The molecule has 0 saturated carbocycles. The lowest BCUT2D eigenvalue weighted by atomic mass is 10.0. The maximum absolute atomic E-state index is 13.6. The van der Waals surface area contributed by atoms with Crippen LogP contribution in [0, 0.1) is 11.3 Å². The Balaban J connectivity index is 1.90. The number of ether oxygens (including phenoxy) is 1. The molecular formula is C19H19F3N6O2. The standard InChI is InChI=1S/C19H19F3N6O2/c1-11(29)24-6-3-7-30-17-5-4-12(8-13(17)19(20,21)22)14-9-16-18(15(10-23)25-14)26-27-28(16)2/h4-5,8-9,26-27H,3,6-7H2,1-2H3,(H,24,29). The second-order valence-electron chi connectivity index (χ2n) is 6.55. The first-order valence-electron chi connectivity index (χ1n) is 9.00. The summed E-state index contributed by atoms with van der Waals surface area (Å²) in [5.74, 6) is -0.527. The van der Waals surface area contributed by atoms with E-state index in [1.807, 2.05) is 6.07 Å². The smallest absolute Gasteiger partial charge is 0.419 e. The topological polar surface area (TPSA) is 102 Å². The molecule has 0 aliphatic carbocycles. The van der Waals surface area contributed by atoms with E-state index in [2.05, 4.69) is 21.3 Å². The molecule has 0 saturated heterocycles. The van der Waals surface area contributed by atoms with Crippen molar-refractivity contribution in [3.63, 3.8) is 0 Å². The number of alkyl halides is 3. The van der Waals surface area contributed by atoms with Gasteiger partial charge in [-0.2, -0.15) is 18.4 Å². The zero-order chi connectivity index (χ0) is 21.9. The fraction of sp³-hybridized carbons (Fsp3) is 0.316. The number of carbonyl (C=O) groups is 1. The Morgan fingerprint density at radius 3 is 2.80 bits per heavy atom. The Kier molecular flexibility index (Phi) is 5.98. The van der Waals surface area contributed by atoms with Gasteiger partial charge >= 0.3 is 6.18 Å². The van der Waals surface area contributed by atoms with Crippen molar-refractivity contribution in [2.75, 3.05) is 30.6 Å². The normalized spacial score (nSPS) is 12.7. The number of carbonyl (C=O) groups excluding carboxylic acids is 1. The molecule has 0 unspecified atom stereocenters. The minimum Gasteiger partial charge on any atom is -0.493 e. The molecular weight excluding hydrogens is 401 g/mol. The highest BCUT2D eigenvalue weighted by Crippen LogP contribution is 2.40. The summed E-state index contributed by atoms with van der Waals surface area (Å²) in [6.45, 7) is 1.68. The predicted octanol–water partition coefficient (Wildman–Crippen LogP) is 2.83. The lowest BCUT2D eigenvalue weighted by molar-refractivity contribution is -0.138. The van der Waals surface area contributed by atoms with Gasteiger partial charge in [0.2, 0.25) is 5.91 Å². The molecule has 1 aliphatic heterocycles. The van der Waals surface area contributed by atoms with Gasteiger partial charge in [0.1, 0.15) is 17.5 Å². The minimum atomic E-state index is -4.64. The van der Waals surface area contributed by atoms with Crippen LogP contribution < -0.4 is 26.0 Å². The van der Waals surface area contributed by atoms with Crippen LogP contribution in [0.3, 0.4) is 0 Å². The quantitative estimate of drug-likeness (QED) is 0.618. The Bertz CT molecular complexity index is 1000. The molecule has 3 N–H and O–H groups in total. The van der Waals surface area contributed by atoms with Crippen LogP contribution in [0.1, 0.15) is 24.6 Å². The van der Waals surface area contributed by atoms with Crippen LogP contribution in [0.5, 0.6) is 5.75 Å². The first-order chi connectivity index (χ1) is 14.2. The molecule has 3 rings (SSSR count). The molecule has 0 radical (unpaired) electrons. The van der Waals surface area contributed by atoms with E-state index in [-0.39, 0.29) is 35.2 Å². The number of hydrazine groups is 2. The molecule has 1 aliphatic rings. The molecule has 1 aromatic carbocycles. The average Bonchev–Trinajstić information content (AvgIpc) is 3.07. The molecule has 1 amide bonds. The summed E-state index contributed by atoms with van der Waals surface area (Å²) >= 11 is 0. The lowest BCUT2D eigenvalue weighted by Crippen LogP contribution is -2.31. The van der Waals surface area contributed by atoms with E-state index in [4.69, 9.17) is 4.74 Å². The number of fused-ring (bicyclic) bond motifs is 1. The maximum atomic E-state index is 13.6. The van der Waals surface area contributed by atoms with Crippen molar-refractivity contribution in [1.82, 2.24) is 15.8 Å². The summed E-state index contributed by atoms with van der Waals surface area (Å²) in [6, 6.07) is 7.18. The largest absolute Gasteiger partial charge is 0.493 e. The third-order valence-corrected chi connectivity index (χ3v) is 4.35. The zero-order valence-electron chi connectivity index (χ0n) is 16.2. The zero-order valence-corrected chi connectivity index (χ0v) is 16.2. The number of nitriles is 1. The third-order valence-electron chi connectivity index (χ3n) is 4.35. The number of aromatic nitrogens is 1. The average molecular weight is 420 g/mol. The number of rotatable bonds is 6. The van der Waals surface area contributed by atoms with Crippen molar-refractivity contribution in [1.29, 1.82) is 5.26 Å². The SMILES string of the molecule is CC(=O)NCCCOc1ccc(-c2cc3c(c(C#N)n2)NNN3C)cc1C(F)(F)F. The van der Waals surface area contributed by atoms with Gasteiger partial charge in [0, 0.05) is 26.1 Å². The van der Waals surface area contributed by atoms with E-state index in [0.29, 0.717) is 24.3 Å². The van der Waals surface area contributed by atoms with Crippen LogP contribution in [0.4, 0.5) is 24.5 Å². The third kappa shape index (κ3) is 4.55. The van der Waals surface area contributed by atoms with Gasteiger partial charge in [-0.15, -0.1) is 5.53 Å². The van der Waals surface area contributed by atoms with Crippen molar-refractivity contribution in [3.8, 4) is 23.1 Å². The Hall–Kier alpha value is -3.52. The summed E-state index contributed by atoms with van der Waals surface area (Å²) in [6.07, 6.45) is -4.28. The Morgan fingerprint density at radius 1 is 1.37 bits per heavy atom. The molecule has 8 nitrogen and oxygen atoms in total. The van der Waals surface area contributed by atoms with E-state index in [9.17, 15) is 23.2 Å². The summed E-state index contributed by atoms with van der Waals surface area (Å²) in [5, 5.41) is 13.5. The van der Waals surface area contributed by atoms with E-state index in [1.165, 1.54) is 19.1 Å². The highest BCUT2D eigenvalue weighted by molar-refractivity contribution is 5.81. The number of nitrogens with one attached hydrogen (secondary N) is 3. The summed E-state index contributed by atoms with van der Waals surface area (Å²) in [4.78, 5) is 15.0. The van der Waals surface area contributed by atoms with E-state index in [0.717, 1.165) is 6.07 Å². The highest BCUT2D eigenvalue weighted by Gasteiger charge is 2.35. The van der Waals surface area contributed by atoms with Crippen LogP contribution in [0.2, 0.25) is 0 Å². The molecule has 11 heteroatoms. The molecule has 1 aromatic heterocycles. The van der Waals surface area contributed by atoms with Crippen molar-refractivity contribution in [2.24, 2.45) is 0 Å². The van der Waals surface area contributed by atoms with E-state index < -0.39 is 11.7 Å². The molecule has 158 valence electrons. The summed E-state index contributed by atoms with van der Waals surface area (Å²) in [7, 11) is 1.70. The minimum absolute atomic E-state index is 0.0144. The van der Waals surface area contributed by atoms with Gasteiger partial charge in [0.25, 0.3) is 0 Å². The first kappa shape index (κ1) is 21.2. The van der Waals surface area contributed by atoms with Gasteiger partial charge in [0.05, 0.1) is 23.6 Å². The van der Waals surface area contributed by atoms with Crippen molar-refractivity contribution in [3.05, 3.63) is 35.5 Å². The van der Waals surface area contributed by atoms with E-state index in [1.54, 1.807) is 18.1 Å². The molecule has 30 heavy (non-hydrogen) atoms. The number of hydrogen-bond acceptors (Lipinski definition) is 7. The van der Waals surface area contributed by atoms with Crippen molar-refractivity contribution < 1.29 is 22.7 Å². The van der Waals surface area contributed by atoms with Crippen LogP contribution in [0.25, 0.3) is 11.3 Å². The number of benzene rings is 1. The summed E-state index contributed by atoms with van der Waals surface area (Å²) < 4.78 is 46.1. The second-order valence-corrected chi connectivity index (χ2v) is 6.55. The van der Waals surface area contributed by atoms with Gasteiger partial charge in [-0.25, -0.2) is 4.98 Å². The molecule has 0 spiro atoms. The van der Waals surface area contributed by atoms with Crippen LogP contribution in [-0.2, 0) is 11.0 Å². The molecule has 0 bridgehead atoms. The molecule has 0 atom stereocenters. The summed E-state index contributed by atoms with van der Waals surface area (Å²) in [5.41, 5.74) is 6.18. The van der Waals surface area contributed by atoms with Gasteiger partial charge in [0.15, 0.2) is 5.69 Å². The Labute approximate surface area is 170 Å². The fourth-order valence-corrected chi connectivity index (χ4v) is 2.90. The van der Waals surface area contributed by atoms with Gasteiger partial charge < -0.3 is 10.1 Å². The van der Waals surface area contributed by atoms with Crippen LogP contribution >= 0.6 is 0 Å². The number of hydrogen-bond donors (Lipinski definition) is 3. The lowest BCUT2D eigenvalue weighted by Gasteiger charge is -2.16. The number of nitrogens with zero attached hydrogens (tertiary/aromatic N) is 3. The van der Waals surface area contributed by atoms with Gasteiger partial charge in [-0.05, 0) is 30.7 Å². The predicted molar refractivity (Wildman–Crippen MR) is 103 cm³/mol. The molecule has 2 aromatic rings. The van der Waals surface area contributed by atoms with Gasteiger partial charge in [-0.1, -0.05) is 0 Å². The molecule has 0 fully saturated rings. The molecule has 2 heterocycles. The number of halogens is 3.